The molecule has 0 saturated heterocycles. The Morgan fingerprint density at radius 1 is 1.25 bits per heavy atom. The van der Waals surface area contributed by atoms with Crippen LogP contribution < -0.4 is 0 Å². The second-order valence-electron chi connectivity index (χ2n) is 6.68. The Balaban J connectivity index is 1.72. The lowest BCUT2D eigenvalue weighted by molar-refractivity contribution is 0.186. The Morgan fingerprint density at radius 2 is 1.85 bits per heavy atom. The fraction of sp³-hybridized carbons (Fsp3) is 0.812. The molecule has 112 valence electrons. The predicted molar refractivity (Wildman–Crippen MR) is 79.5 cm³/mol. The molecule has 2 aliphatic rings. The average molecular weight is 277 g/mol. The molecule has 0 aliphatic heterocycles. The van der Waals surface area contributed by atoms with Crippen molar-refractivity contribution < 1.29 is 5.11 Å². The fourth-order valence-corrected chi connectivity index (χ4v) is 3.61. The number of hydrogen-bond acceptors (Lipinski definition) is 3. The first-order valence-electron chi connectivity index (χ1n) is 7.95. The minimum absolute atomic E-state index is 0.157. The molecule has 1 aromatic rings. The monoisotopic (exact) mass is 277 g/mol. The second-order valence-corrected chi connectivity index (χ2v) is 6.68. The molecule has 0 unspecified atom stereocenters. The van der Waals surface area contributed by atoms with Gasteiger partial charge in [-0.2, -0.15) is 5.10 Å². The normalized spacial score (nSPS) is 19.3. The van der Waals surface area contributed by atoms with Crippen molar-refractivity contribution in [3.8, 4) is 0 Å². The first-order valence-corrected chi connectivity index (χ1v) is 7.95. The maximum absolute atomic E-state index is 9.11. The van der Waals surface area contributed by atoms with Crippen LogP contribution in [-0.4, -0.2) is 39.5 Å². The Labute approximate surface area is 121 Å². The van der Waals surface area contributed by atoms with Gasteiger partial charge in [0, 0.05) is 23.8 Å². The van der Waals surface area contributed by atoms with Crippen molar-refractivity contribution >= 4 is 0 Å². The third-order valence-electron chi connectivity index (χ3n) is 4.97. The summed E-state index contributed by atoms with van der Waals surface area (Å²) in [6.07, 6.45) is 5.70. The van der Waals surface area contributed by atoms with Crippen LogP contribution in [0.15, 0.2) is 0 Å². The molecule has 1 N–H and O–H groups in total. The zero-order chi connectivity index (χ0) is 14.3. The van der Waals surface area contributed by atoms with Crippen molar-refractivity contribution in [2.24, 2.45) is 11.8 Å². The number of aliphatic hydroxyl groups is 1. The van der Waals surface area contributed by atoms with Crippen LogP contribution in [0.5, 0.6) is 0 Å². The maximum atomic E-state index is 9.11. The van der Waals surface area contributed by atoms with Crippen LogP contribution in [0.25, 0.3) is 0 Å². The summed E-state index contributed by atoms with van der Waals surface area (Å²) in [7, 11) is 2.28. The molecule has 3 rings (SSSR count). The van der Waals surface area contributed by atoms with Crippen LogP contribution >= 0.6 is 0 Å². The van der Waals surface area contributed by atoms with Gasteiger partial charge in [-0.15, -0.1) is 0 Å². The Bertz CT molecular complexity index is 462. The van der Waals surface area contributed by atoms with Crippen molar-refractivity contribution in [2.45, 2.75) is 58.7 Å². The smallest absolute Gasteiger partial charge is 0.0644 e. The lowest BCUT2D eigenvalue weighted by atomic mass is 10.0. The van der Waals surface area contributed by atoms with Crippen LogP contribution in [0.2, 0.25) is 0 Å². The van der Waals surface area contributed by atoms with Crippen molar-refractivity contribution in [1.82, 2.24) is 14.7 Å². The van der Waals surface area contributed by atoms with Crippen LogP contribution in [0.1, 0.15) is 42.6 Å². The fourth-order valence-electron chi connectivity index (χ4n) is 3.61. The lowest BCUT2D eigenvalue weighted by Gasteiger charge is -2.28. The summed E-state index contributed by atoms with van der Waals surface area (Å²) in [4.78, 5) is 2.57. The number of nitrogens with zero attached hydrogens (tertiary/aromatic N) is 3. The van der Waals surface area contributed by atoms with E-state index in [2.05, 4.69) is 30.9 Å². The van der Waals surface area contributed by atoms with E-state index < -0.39 is 0 Å². The van der Waals surface area contributed by atoms with Gasteiger partial charge in [0.1, 0.15) is 0 Å². The molecule has 0 atom stereocenters. The molecule has 4 heteroatoms. The quantitative estimate of drug-likeness (QED) is 0.830. The predicted octanol–water partition coefficient (Wildman–Crippen LogP) is 2.11. The van der Waals surface area contributed by atoms with Crippen molar-refractivity contribution in [3.63, 3.8) is 0 Å². The molecule has 0 aromatic carbocycles. The van der Waals surface area contributed by atoms with Crippen LogP contribution in [-0.2, 0) is 13.1 Å². The molecule has 2 saturated carbocycles. The van der Waals surface area contributed by atoms with Crippen LogP contribution in [0.3, 0.4) is 0 Å². The van der Waals surface area contributed by atoms with E-state index in [1.165, 1.54) is 36.9 Å². The highest BCUT2D eigenvalue weighted by molar-refractivity contribution is 5.24. The first kappa shape index (κ1) is 14.1. The highest BCUT2D eigenvalue weighted by atomic mass is 16.3. The zero-order valence-electron chi connectivity index (χ0n) is 13.0. The van der Waals surface area contributed by atoms with Gasteiger partial charge in [0.15, 0.2) is 0 Å². The van der Waals surface area contributed by atoms with E-state index in [4.69, 9.17) is 5.11 Å². The molecule has 2 fully saturated rings. The number of aromatic nitrogens is 2. The van der Waals surface area contributed by atoms with Gasteiger partial charge < -0.3 is 5.11 Å². The van der Waals surface area contributed by atoms with E-state index in [0.29, 0.717) is 6.54 Å². The molecule has 1 heterocycles. The highest BCUT2D eigenvalue weighted by Crippen LogP contribution is 2.47. The summed E-state index contributed by atoms with van der Waals surface area (Å²) in [6, 6.07) is 0.787. The highest BCUT2D eigenvalue weighted by Gasteiger charge is 2.43. The minimum atomic E-state index is 0.157. The Hall–Kier alpha value is -0.870. The molecule has 0 bridgehead atoms. The molecule has 0 spiro atoms. The average Bonchev–Trinajstić information content (AvgIpc) is 3.29. The standard InChI is InChI=1S/C16H27N3O/c1-11-15(12(2)19(17-11)8-9-20)10-18(3)16(13-4-5-13)14-6-7-14/h13-14,16,20H,4-10H2,1-3H3. The number of aliphatic hydroxyl groups excluding tert-OH is 1. The summed E-state index contributed by atoms with van der Waals surface area (Å²) in [6.45, 7) is 5.98. The molecule has 20 heavy (non-hydrogen) atoms. The van der Waals surface area contributed by atoms with E-state index in [1.807, 2.05) is 4.68 Å². The Kier molecular flexibility index (Phi) is 3.87. The molecule has 1 aromatic heterocycles. The summed E-state index contributed by atoms with van der Waals surface area (Å²) in [5, 5.41) is 13.7. The van der Waals surface area contributed by atoms with E-state index in [-0.39, 0.29) is 6.61 Å². The van der Waals surface area contributed by atoms with Gasteiger partial charge in [0.2, 0.25) is 0 Å². The van der Waals surface area contributed by atoms with Gasteiger partial charge in [0.25, 0.3) is 0 Å². The molecular weight excluding hydrogens is 250 g/mol. The van der Waals surface area contributed by atoms with Crippen molar-refractivity contribution in [2.75, 3.05) is 13.7 Å². The van der Waals surface area contributed by atoms with Gasteiger partial charge in [-0.25, -0.2) is 0 Å². The summed E-state index contributed by atoms with van der Waals surface area (Å²) < 4.78 is 1.95. The number of hydrogen-bond donors (Lipinski definition) is 1. The Morgan fingerprint density at radius 3 is 2.35 bits per heavy atom. The number of rotatable bonds is 7. The first-order chi connectivity index (χ1) is 9.61. The molecule has 0 radical (unpaired) electrons. The van der Waals surface area contributed by atoms with Crippen LogP contribution in [0, 0.1) is 25.7 Å². The maximum Gasteiger partial charge on any atom is 0.0644 e. The third-order valence-corrected chi connectivity index (χ3v) is 4.97. The molecule has 0 amide bonds. The minimum Gasteiger partial charge on any atom is -0.394 e. The van der Waals surface area contributed by atoms with Gasteiger partial charge in [-0.05, 0) is 58.4 Å². The van der Waals surface area contributed by atoms with E-state index in [1.54, 1.807) is 0 Å². The summed E-state index contributed by atoms with van der Waals surface area (Å²) in [5.41, 5.74) is 3.69. The number of aryl methyl sites for hydroxylation is 1. The SMILES string of the molecule is Cc1nn(CCO)c(C)c1CN(C)C(C1CC1)C1CC1. The van der Waals surface area contributed by atoms with E-state index >= 15 is 0 Å². The van der Waals surface area contributed by atoms with Gasteiger partial charge in [0.05, 0.1) is 18.8 Å². The third kappa shape index (κ3) is 2.77. The lowest BCUT2D eigenvalue weighted by Crippen LogP contribution is -2.35. The largest absolute Gasteiger partial charge is 0.394 e. The second kappa shape index (κ2) is 5.49. The molecule has 2 aliphatic carbocycles. The van der Waals surface area contributed by atoms with Crippen molar-refractivity contribution in [1.29, 1.82) is 0 Å². The molecular formula is C16H27N3O. The van der Waals surface area contributed by atoms with E-state index in [0.717, 1.165) is 30.1 Å². The van der Waals surface area contributed by atoms with Gasteiger partial charge in [-0.1, -0.05) is 0 Å². The van der Waals surface area contributed by atoms with Crippen LogP contribution in [0.4, 0.5) is 0 Å². The van der Waals surface area contributed by atoms with E-state index in [9.17, 15) is 0 Å². The summed E-state index contributed by atoms with van der Waals surface area (Å²) in [5.74, 6) is 1.89. The summed E-state index contributed by atoms with van der Waals surface area (Å²) >= 11 is 0. The van der Waals surface area contributed by atoms with Gasteiger partial charge >= 0.3 is 0 Å². The van der Waals surface area contributed by atoms with Crippen molar-refractivity contribution in [3.05, 3.63) is 17.0 Å². The molecule has 4 nitrogen and oxygen atoms in total. The van der Waals surface area contributed by atoms with Gasteiger partial charge in [-0.3, -0.25) is 9.58 Å². The zero-order valence-corrected chi connectivity index (χ0v) is 13.0. The topological polar surface area (TPSA) is 41.3 Å².